The minimum Gasteiger partial charge on any atom is -0.457 e. The highest BCUT2D eigenvalue weighted by Gasteiger charge is 2.10. The number of nitrogens with zero attached hydrogens (tertiary/aromatic N) is 3. The number of amides is 1. The predicted octanol–water partition coefficient (Wildman–Crippen LogP) is 6.17. The van der Waals surface area contributed by atoms with Gasteiger partial charge < -0.3 is 9.73 Å². The first kappa shape index (κ1) is 23.5. The van der Waals surface area contributed by atoms with Crippen molar-refractivity contribution < 1.29 is 9.21 Å². The molecule has 0 saturated carbocycles. The number of para-hydroxylation sites is 1. The number of hydrogen-bond acceptors (Lipinski definition) is 5. The maximum atomic E-state index is 12.4. The van der Waals surface area contributed by atoms with Gasteiger partial charge in [0.1, 0.15) is 22.6 Å². The number of furan rings is 1. The summed E-state index contributed by atoms with van der Waals surface area (Å²) in [4.78, 5) is 14.0. The van der Waals surface area contributed by atoms with E-state index in [4.69, 9.17) is 28.2 Å². The standard InChI is InChI=1S/C27H20ClN5O2S/c1-17-15-23-24(32-33(31-23)20-5-3-2-4-6-20)16-22(17)29-27(36)30-26(34)14-12-21-11-13-25(35-21)18-7-9-19(28)10-8-18/h2-16H,1H3,(H2,29,30,34,36). The van der Waals surface area contributed by atoms with E-state index in [1.165, 1.54) is 6.08 Å². The topological polar surface area (TPSA) is 85.0 Å². The number of carbonyl (C=O) groups is 1. The summed E-state index contributed by atoms with van der Waals surface area (Å²) >= 11 is 11.3. The fraction of sp³-hybridized carbons (Fsp3) is 0.0370. The van der Waals surface area contributed by atoms with Crippen molar-refractivity contribution in [1.29, 1.82) is 0 Å². The van der Waals surface area contributed by atoms with Gasteiger partial charge >= 0.3 is 0 Å². The zero-order chi connectivity index (χ0) is 25.1. The van der Waals surface area contributed by atoms with Gasteiger partial charge in [-0.3, -0.25) is 10.1 Å². The smallest absolute Gasteiger partial charge is 0.250 e. The minimum atomic E-state index is -0.384. The number of hydrogen-bond donors (Lipinski definition) is 2. The summed E-state index contributed by atoms with van der Waals surface area (Å²) in [5.74, 6) is 0.835. The van der Waals surface area contributed by atoms with Crippen LogP contribution in [-0.2, 0) is 4.79 Å². The number of aromatic nitrogens is 3. The molecule has 1 amide bonds. The number of halogens is 1. The Balaban J connectivity index is 1.22. The molecule has 36 heavy (non-hydrogen) atoms. The van der Waals surface area contributed by atoms with Crippen molar-refractivity contribution in [3.8, 4) is 17.0 Å². The van der Waals surface area contributed by atoms with E-state index < -0.39 is 0 Å². The zero-order valence-corrected chi connectivity index (χ0v) is 20.7. The normalized spacial score (nSPS) is 11.2. The van der Waals surface area contributed by atoms with E-state index in [0.717, 1.165) is 28.0 Å². The van der Waals surface area contributed by atoms with E-state index >= 15 is 0 Å². The SMILES string of the molecule is Cc1cc2nn(-c3ccccc3)nc2cc1NC(=S)NC(=O)C=Cc1ccc(-c2ccc(Cl)cc2)o1. The van der Waals surface area contributed by atoms with Crippen LogP contribution in [0.3, 0.4) is 0 Å². The average molecular weight is 514 g/mol. The summed E-state index contributed by atoms with van der Waals surface area (Å²) < 4.78 is 5.78. The lowest BCUT2D eigenvalue weighted by atomic mass is 10.2. The third-order valence-electron chi connectivity index (χ3n) is 5.35. The molecule has 0 fully saturated rings. The summed E-state index contributed by atoms with van der Waals surface area (Å²) in [6.45, 7) is 1.93. The molecule has 2 N–H and O–H groups in total. The van der Waals surface area contributed by atoms with E-state index in [-0.39, 0.29) is 11.0 Å². The molecule has 5 aromatic rings. The highest BCUT2D eigenvalue weighted by atomic mass is 35.5. The van der Waals surface area contributed by atoms with Gasteiger partial charge in [-0.15, -0.1) is 10.2 Å². The van der Waals surface area contributed by atoms with Crippen LogP contribution in [0.2, 0.25) is 5.02 Å². The maximum Gasteiger partial charge on any atom is 0.250 e. The number of nitrogens with one attached hydrogen (secondary N) is 2. The Morgan fingerprint density at radius 2 is 1.72 bits per heavy atom. The predicted molar refractivity (Wildman–Crippen MR) is 146 cm³/mol. The average Bonchev–Trinajstić information content (AvgIpc) is 3.51. The van der Waals surface area contributed by atoms with Crippen LogP contribution in [-0.4, -0.2) is 26.0 Å². The van der Waals surface area contributed by atoms with Crippen molar-refractivity contribution in [2.45, 2.75) is 6.92 Å². The number of aryl methyl sites for hydroxylation is 1. The first-order valence-corrected chi connectivity index (χ1v) is 11.8. The van der Waals surface area contributed by atoms with Crippen molar-refractivity contribution in [3.63, 3.8) is 0 Å². The Bertz CT molecular complexity index is 1590. The van der Waals surface area contributed by atoms with Crippen molar-refractivity contribution in [1.82, 2.24) is 20.3 Å². The molecular formula is C27H20ClN5O2S. The highest BCUT2D eigenvalue weighted by molar-refractivity contribution is 7.80. The van der Waals surface area contributed by atoms with Crippen molar-refractivity contribution >= 4 is 57.6 Å². The molecule has 9 heteroatoms. The van der Waals surface area contributed by atoms with Crippen LogP contribution in [0.15, 0.2) is 89.4 Å². The maximum absolute atomic E-state index is 12.4. The monoisotopic (exact) mass is 513 g/mol. The van der Waals surface area contributed by atoms with Gasteiger partial charge in [0.05, 0.1) is 5.69 Å². The second-order valence-electron chi connectivity index (χ2n) is 7.97. The van der Waals surface area contributed by atoms with Crippen molar-refractivity contribution in [2.24, 2.45) is 0 Å². The molecule has 2 heterocycles. The number of carbonyl (C=O) groups excluding carboxylic acids is 1. The summed E-state index contributed by atoms with van der Waals surface area (Å²) in [5.41, 5.74) is 4.87. The lowest BCUT2D eigenvalue weighted by Crippen LogP contribution is -2.33. The van der Waals surface area contributed by atoms with E-state index in [1.807, 2.05) is 67.6 Å². The quantitative estimate of drug-likeness (QED) is 0.216. The van der Waals surface area contributed by atoms with Crippen LogP contribution in [0, 0.1) is 6.92 Å². The molecular weight excluding hydrogens is 494 g/mol. The third kappa shape index (κ3) is 5.35. The van der Waals surface area contributed by atoms with Crippen molar-refractivity contribution in [2.75, 3.05) is 5.32 Å². The van der Waals surface area contributed by atoms with E-state index in [1.54, 1.807) is 29.1 Å². The van der Waals surface area contributed by atoms with E-state index in [0.29, 0.717) is 22.1 Å². The number of thiocarbonyl (C=S) groups is 1. The summed E-state index contributed by atoms with van der Waals surface area (Å²) in [5, 5.41) is 15.6. The molecule has 2 aromatic heterocycles. The van der Waals surface area contributed by atoms with Gasteiger partial charge in [0.2, 0.25) is 5.91 Å². The molecule has 5 rings (SSSR count). The minimum absolute atomic E-state index is 0.170. The van der Waals surface area contributed by atoms with Gasteiger partial charge in [0.25, 0.3) is 0 Å². The van der Waals surface area contributed by atoms with Crippen LogP contribution in [0.1, 0.15) is 11.3 Å². The van der Waals surface area contributed by atoms with Crippen LogP contribution >= 0.6 is 23.8 Å². The Morgan fingerprint density at radius 1 is 1.00 bits per heavy atom. The second-order valence-corrected chi connectivity index (χ2v) is 8.81. The Kier molecular flexibility index (Phi) is 6.62. The third-order valence-corrected chi connectivity index (χ3v) is 5.81. The molecule has 0 spiro atoms. The van der Waals surface area contributed by atoms with Gasteiger partial charge in [-0.25, -0.2) is 0 Å². The molecule has 0 aliphatic carbocycles. The molecule has 0 bridgehead atoms. The molecule has 0 radical (unpaired) electrons. The second kappa shape index (κ2) is 10.2. The molecule has 0 atom stereocenters. The lowest BCUT2D eigenvalue weighted by molar-refractivity contribution is -0.115. The number of benzene rings is 3. The summed E-state index contributed by atoms with van der Waals surface area (Å²) in [6.07, 6.45) is 2.94. The van der Waals surface area contributed by atoms with E-state index in [2.05, 4.69) is 20.8 Å². The van der Waals surface area contributed by atoms with Gasteiger partial charge in [-0.2, -0.15) is 4.80 Å². The summed E-state index contributed by atoms with van der Waals surface area (Å²) in [6, 6.07) is 24.4. The number of fused-ring (bicyclic) bond motifs is 1. The number of anilines is 1. The van der Waals surface area contributed by atoms with Crippen LogP contribution < -0.4 is 10.6 Å². The molecule has 0 aliphatic rings. The fourth-order valence-electron chi connectivity index (χ4n) is 3.56. The molecule has 0 unspecified atom stereocenters. The van der Waals surface area contributed by atoms with Crippen LogP contribution in [0.25, 0.3) is 34.1 Å². The first-order chi connectivity index (χ1) is 17.4. The molecule has 178 valence electrons. The zero-order valence-electron chi connectivity index (χ0n) is 19.1. The van der Waals surface area contributed by atoms with Gasteiger partial charge in [-0.1, -0.05) is 29.8 Å². The largest absolute Gasteiger partial charge is 0.457 e. The fourth-order valence-corrected chi connectivity index (χ4v) is 3.89. The first-order valence-electron chi connectivity index (χ1n) is 11.0. The van der Waals surface area contributed by atoms with E-state index in [9.17, 15) is 4.79 Å². The van der Waals surface area contributed by atoms with Gasteiger partial charge in [-0.05, 0) is 91.4 Å². The Morgan fingerprint density at radius 3 is 2.47 bits per heavy atom. The van der Waals surface area contributed by atoms with Gasteiger partial charge in [0, 0.05) is 22.3 Å². The van der Waals surface area contributed by atoms with Gasteiger partial charge in [0.15, 0.2) is 5.11 Å². The van der Waals surface area contributed by atoms with Crippen LogP contribution in [0.5, 0.6) is 0 Å². The summed E-state index contributed by atoms with van der Waals surface area (Å²) in [7, 11) is 0. The lowest BCUT2D eigenvalue weighted by Gasteiger charge is -2.10. The molecule has 0 aliphatic heterocycles. The molecule has 7 nitrogen and oxygen atoms in total. The molecule has 0 saturated heterocycles. The Labute approximate surface area is 217 Å². The Hall–Kier alpha value is -4.27. The van der Waals surface area contributed by atoms with Crippen molar-refractivity contribution in [3.05, 3.63) is 101 Å². The highest BCUT2D eigenvalue weighted by Crippen LogP contribution is 2.25. The van der Waals surface area contributed by atoms with Crippen LogP contribution in [0.4, 0.5) is 5.69 Å². The molecule has 3 aromatic carbocycles. The number of rotatable bonds is 5.